The fourth-order valence-corrected chi connectivity index (χ4v) is 3.12. The summed E-state index contributed by atoms with van der Waals surface area (Å²) in [5.41, 5.74) is 7.11. The van der Waals surface area contributed by atoms with Gasteiger partial charge in [0.15, 0.2) is 0 Å². The van der Waals surface area contributed by atoms with E-state index in [4.69, 9.17) is 15.5 Å². The van der Waals surface area contributed by atoms with Crippen molar-refractivity contribution in [3.05, 3.63) is 5.89 Å². The van der Waals surface area contributed by atoms with Crippen LogP contribution < -0.4 is 11.2 Å². The molecule has 1 heterocycles. The average molecular weight is 296 g/mol. The number of hydrogen-bond acceptors (Lipinski definition) is 6. The van der Waals surface area contributed by atoms with Gasteiger partial charge in [-0.25, -0.2) is 5.48 Å². The molecule has 4 N–H and O–H groups in total. The van der Waals surface area contributed by atoms with Crippen LogP contribution in [-0.2, 0) is 4.79 Å². The van der Waals surface area contributed by atoms with Crippen molar-refractivity contribution in [1.82, 2.24) is 15.6 Å². The summed E-state index contributed by atoms with van der Waals surface area (Å²) >= 11 is 0. The van der Waals surface area contributed by atoms with E-state index in [1.54, 1.807) is 5.48 Å². The molecule has 0 aliphatic heterocycles. The molecule has 1 atom stereocenters. The molecule has 1 aliphatic carbocycles. The standard InChI is InChI=1S/C14H24N4O3/c15-14-16-13(21-18-14)11(9-12(19)17-20)8-4-7-10-5-2-1-3-6-10/h10-11,20H,1-9H2,(H2,15,18)(H,17,19)/t11-/m1/s1. The first-order chi connectivity index (χ1) is 10.2. The molecule has 21 heavy (non-hydrogen) atoms. The SMILES string of the molecule is Nc1noc([C@H](CCCC2CCCCC2)CC(=O)NO)n1. The highest BCUT2D eigenvalue weighted by Gasteiger charge is 2.22. The first kappa shape index (κ1) is 15.8. The molecule has 118 valence electrons. The van der Waals surface area contributed by atoms with Crippen molar-refractivity contribution in [1.29, 1.82) is 0 Å². The summed E-state index contributed by atoms with van der Waals surface area (Å²) < 4.78 is 5.07. The molecule has 7 nitrogen and oxygen atoms in total. The van der Waals surface area contributed by atoms with Gasteiger partial charge < -0.3 is 10.3 Å². The summed E-state index contributed by atoms with van der Waals surface area (Å²) in [5.74, 6) is 0.616. The zero-order chi connectivity index (χ0) is 15.1. The first-order valence-corrected chi connectivity index (χ1v) is 7.71. The molecular weight excluding hydrogens is 272 g/mol. The molecule has 0 saturated heterocycles. The summed E-state index contributed by atoms with van der Waals surface area (Å²) in [5, 5.41) is 12.2. The number of nitrogens with two attached hydrogens (primary N) is 1. The van der Waals surface area contributed by atoms with Crippen molar-refractivity contribution in [2.75, 3.05) is 5.73 Å². The Bertz CT molecular complexity index is 443. The summed E-state index contributed by atoms with van der Waals surface area (Å²) in [6.45, 7) is 0. The van der Waals surface area contributed by atoms with E-state index in [0.717, 1.165) is 18.8 Å². The van der Waals surface area contributed by atoms with Crippen LogP contribution >= 0.6 is 0 Å². The highest BCUT2D eigenvalue weighted by atomic mass is 16.5. The molecule has 7 heteroatoms. The largest absolute Gasteiger partial charge is 0.365 e. The number of amides is 1. The fraction of sp³-hybridized carbons (Fsp3) is 0.786. The van der Waals surface area contributed by atoms with Gasteiger partial charge >= 0.3 is 0 Å². The Morgan fingerprint density at radius 1 is 1.43 bits per heavy atom. The zero-order valence-electron chi connectivity index (χ0n) is 12.3. The minimum absolute atomic E-state index is 0.0756. The lowest BCUT2D eigenvalue weighted by Gasteiger charge is -2.22. The molecule has 1 amide bonds. The molecular formula is C14H24N4O3. The lowest BCUT2D eigenvalue weighted by molar-refractivity contribution is -0.129. The molecule has 0 unspecified atom stereocenters. The van der Waals surface area contributed by atoms with Crippen LogP contribution in [0.15, 0.2) is 4.52 Å². The highest BCUT2D eigenvalue weighted by molar-refractivity contribution is 5.75. The van der Waals surface area contributed by atoms with E-state index >= 15 is 0 Å². The van der Waals surface area contributed by atoms with Crippen molar-refractivity contribution >= 4 is 11.9 Å². The maximum atomic E-state index is 11.4. The van der Waals surface area contributed by atoms with E-state index < -0.39 is 5.91 Å². The van der Waals surface area contributed by atoms with Gasteiger partial charge in [0.1, 0.15) is 0 Å². The Morgan fingerprint density at radius 2 is 2.19 bits per heavy atom. The smallest absolute Gasteiger partial charge is 0.260 e. The summed E-state index contributed by atoms with van der Waals surface area (Å²) in [7, 11) is 0. The van der Waals surface area contributed by atoms with Crippen molar-refractivity contribution in [2.24, 2.45) is 5.92 Å². The molecule has 0 radical (unpaired) electrons. The molecule has 1 aliphatic rings. The Balaban J connectivity index is 1.84. The van der Waals surface area contributed by atoms with Crippen molar-refractivity contribution < 1.29 is 14.5 Å². The second-order valence-corrected chi connectivity index (χ2v) is 5.86. The molecule has 1 aromatic rings. The summed E-state index contributed by atoms with van der Waals surface area (Å²) in [6.07, 6.45) is 9.75. The van der Waals surface area contributed by atoms with Gasteiger partial charge in [-0.1, -0.05) is 44.9 Å². The van der Waals surface area contributed by atoms with Crippen molar-refractivity contribution in [3.8, 4) is 0 Å². The topological polar surface area (TPSA) is 114 Å². The van der Waals surface area contributed by atoms with E-state index in [1.807, 2.05) is 0 Å². The maximum Gasteiger partial charge on any atom is 0.260 e. The third kappa shape index (κ3) is 5.00. The number of hydroxylamine groups is 1. The van der Waals surface area contributed by atoms with Crippen LogP contribution in [0.2, 0.25) is 0 Å². The van der Waals surface area contributed by atoms with Crippen LogP contribution in [0.1, 0.15) is 69.6 Å². The summed E-state index contributed by atoms with van der Waals surface area (Å²) in [4.78, 5) is 15.4. The molecule has 0 spiro atoms. The Kier molecular flexibility index (Phi) is 5.98. The van der Waals surface area contributed by atoms with Crippen LogP contribution in [0.4, 0.5) is 5.95 Å². The quantitative estimate of drug-likeness (QED) is 0.525. The number of nitrogens with zero attached hydrogens (tertiary/aromatic N) is 2. The predicted molar refractivity (Wildman–Crippen MR) is 76.4 cm³/mol. The Hall–Kier alpha value is -1.63. The molecule has 1 fully saturated rings. The van der Waals surface area contributed by atoms with Crippen LogP contribution in [0.5, 0.6) is 0 Å². The lowest BCUT2D eigenvalue weighted by atomic mass is 9.84. The minimum Gasteiger partial charge on any atom is -0.365 e. The van der Waals surface area contributed by atoms with Crippen LogP contribution in [0.25, 0.3) is 0 Å². The van der Waals surface area contributed by atoms with E-state index in [0.29, 0.717) is 5.89 Å². The molecule has 1 aromatic heterocycles. The van der Waals surface area contributed by atoms with E-state index in [2.05, 4.69) is 10.1 Å². The van der Waals surface area contributed by atoms with Crippen LogP contribution in [0, 0.1) is 5.92 Å². The number of aromatic nitrogens is 2. The minimum atomic E-state index is -0.450. The van der Waals surface area contributed by atoms with Gasteiger partial charge in [-0.3, -0.25) is 10.0 Å². The number of carbonyl (C=O) groups is 1. The zero-order valence-corrected chi connectivity index (χ0v) is 12.3. The Labute approximate surface area is 124 Å². The number of rotatable bonds is 7. The first-order valence-electron chi connectivity index (χ1n) is 7.71. The normalized spacial score (nSPS) is 17.6. The van der Waals surface area contributed by atoms with Gasteiger partial charge in [-0.05, 0) is 17.5 Å². The number of anilines is 1. The maximum absolute atomic E-state index is 11.4. The van der Waals surface area contributed by atoms with Gasteiger partial charge in [-0.15, -0.1) is 0 Å². The monoisotopic (exact) mass is 296 g/mol. The Morgan fingerprint density at radius 3 is 2.81 bits per heavy atom. The second-order valence-electron chi connectivity index (χ2n) is 5.86. The van der Waals surface area contributed by atoms with Crippen molar-refractivity contribution in [2.45, 2.75) is 63.7 Å². The molecule has 0 aromatic carbocycles. The van der Waals surface area contributed by atoms with Crippen LogP contribution in [0.3, 0.4) is 0 Å². The van der Waals surface area contributed by atoms with Gasteiger partial charge in [-0.2, -0.15) is 4.98 Å². The van der Waals surface area contributed by atoms with Gasteiger partial charge in [0.25, 0.3) is 5.95 Å². The lowest BCUT2D eigenvalue weighted by Crippen LogP contribution is -2.21. The average Bonchev–Trinajstić information content (AvgIpc) is 2.93. The highest BCUT2D eigenvalue weighted by Crippen LogP contribution is 2.31. The van der Waals surface area contributed by atoms with Crippen molar-refractivity contribution in [3.63, 3.8) is 0 Å². The second kappa shape index (κ2) is 7.97. The van der Waals surface area contributed by atoms with Gasteiger partial charge in [0, 0.05) is 12.3 Å². The predicted octanol–water partition coefficient (Wildman–Crippen LogP) is 2.38. The summed E-state index contributed by atoms with van der Waals surface area (Å²) in [6, 6.07) is 0. The number of nitrogens with one attached hydrogen (secondary N) is 1. The number of nitrogen functional groups attached to an aromatic ring is 1. The van der Waals surface area contributed by atoms with Crippen LogP contribution in [-0.4, -0.2) is 21.3 Å². The van der Waals surface area contributed by atoms with E-state index in [9.17, 15) is 4.79 Å². The third-order valence-electron chi connectivity index (χ3n) is 4.25. The van der Waals surface area contributed by atoms with E-state index in [1.165, 1.54) is 38.5 Å². The molecule has 0 bridgehead atoms. The van der Waals surface area contributed by atoms with E-state index in [-0.39, 0.29) is 18.3 Å². The third-order valence-corrected chi connectivity index (χ3v) is 4.25. The van der Waals surface area contributed by atoms with Gasteiger partial charge in [0.2, 0.25) is 11.8 Å². The fourth-order valence-electron chi connectivity index (χ4n) is 3.12. The molecule has 2 rings (SSSR count). The number of hydrogen-bond donors (Lipinski definition) is 3. The molecule has 1 saturated carbocycles. The number of carbonyl (C=O) groups excluding carboxylic acids is 1. The van der Waals surface area contributed by atoms with Gasteiger partial charge in [0.05, 0.1) is 0 Å².